The first-order valence-electron chi connectivity index (χ1n) is 8.66. The van der Waals surface area contributed by atoms with Gasteiger partial charge in [-0.05, 0) is 19.3 Å². The van der Waals surface area contributed by atoms with Crippen LogP contribution in [0.1, 0.15) is 30.9 Å². The Labute approximate surface area is 152 Å². The Morgan fingerprint density at radius 2 is 2.12 bits per heavy atom. The van der Waals surface area contributed by atoms with E-state index in [1.54, 1.807) is 13.4 Å². The second-order valence-corrected chi connectivity index (χ2v) is 8.74. The van der Waals surface area contributed by atoms with Crippen LogP contribution in [-0.4, -0.2) is 58.5 Å². The lowest BCUT2D eigenvalue weighted by Crippen LogP contribution is -2.43. The van der Waals surface area contributed by atoms with E-state index in [4.69, 9.17) is 0 Å². The third-order valence-corrected chi connectivity index (χ3v) is 6.51. The maximum absolute atomic E-state index is 12.3. The highest BCUT2D eigenvalue weighted by molar-refractivity contribution is 7.89. The number of hydrogen-bond donors (Lipinski definition) is 2. The van der Waals surface area contributed by atoms with Gasteiger partial charge in [-0.25, -0.2) is 23.1 Å². The molecule has 140 valence electrons. The van der Waals surface area contributed by atoms with E-state index < -0.39 is 10.0 Å². The Bertz CT molecular complexity index is 893. The average Bonchev–Trinajstić information content (AvgIpc) is 3.20. The van der Waals surface area contributed by atoms with E-state index in [1.165, 1.54) is 17.1 Å². The summed E-state index contributed by atoms with van der Waals surface area (Å²) in [5.41, 5.74) is 0.924. The van der Waals surface area contributed by atoms with Crippen molar-refractivity contribution in [2.45, 2.75) is 42.2 Å². The third kappa shape index (κ3) is 3.44. The van der Waals surface area contributed by atoms with Gasteiger partial charge in [-0.1, -0.05) is 0 Å². The van der Waals surface area contributed by atoms with Crippen LogP contribution < -0.4 is 9.62 Å². The van der Waals surface area contributed by atoms with Crippen LogP contribution in [0.25, 0.3) is 0 Å². The highest BCUT2D eigenvalue weighted by atomic mass is 32.2. The summed E-state index contributed by atoms with van der Waals surface area (Å²) in [6, 6.07) is 1.85. The molecule has 2 aliphatic rings. The zero-order valence-corrected chi connectivity index (χ0v) is 15.3. The van der Waals surface area contributed by atoms with Crippen molar-refractivity contribution in [1.29, 1.82) is 0 Å². The van der Waals surface area contributed by atoms with Crippen LogP contribution in [0.5, 0.6) is 0 Å². The smallest absolute Gasteiger partial charge is 0.243 e. The number of nitrogens with zero attached hydrogens (tertiary/aromatic N) is 5. The molecule has 26 heavy (non-hydrogen) atoms. The first-order chi connectivity index (χ1) is 12.4. The summed E-state index contributed by atoms with van der Waals surface area (Å²) in [5.74, 6) is 1.04. The number of β-amino-alcohol motifs (C(OH)–C–C–N with tert-alkyl or cyclic N) is 1. The lowest BCUT2D eigenvalue weighted by molar-refractivity contribution is 0.198. The highest BCUT2D eigenvalue weighted by Crippen LogP contribution is 2.37. The molecule has 0 unspecified atom stereocenters. The Hall–Kier alpha value is -2.04. The van der Waals surface area contributed by atoms with Crippen molar-refractivity contribution in [2.75, 3.05) is 18.0 Å². The molecule has 3 heterocycles. The standard InChI is InChI=1S/C16H22N6O3S/c1-21-9-14(7-19-21)26(24,25)20-12-4-11(5-12)15-6-16(18-10-17-15)22-3-2-13(23)8-22/h6-7,9-13,20,23H,2-5,8H2,1H3/t11?,12?,13-/m0/s1. The number of nitrogens with one attached hydrogen (secondary N) is 1. The predicted octanol–water partition coefficient (Wildman–Crippen LogP) is 0.00560. The summed E-state index contributed by atoms with van der Waals surface area (Å²) in [7, 11) is -1.85. The van der Waals surface area contributed by atoms with E-state index in [1.807, 2.05) is 6.07 Å². The fourth-order valence-electron chi connectivity index (χ4n) is 3.49. The molecule has 2 N–H and O–H groups in total. The summed E-state index contributed by atoms with van der Waals surface area (Å²) in [6.45, 7) is 1.38. The molecule has 4 rings (SSSR count). The van der Waals surface area contributed by atoms with Gasteiger partial charge in [0.05, 0.1) is 12.3 Å². The van der Waals surface area contributed by atoms with Crippen LogP contribution in [0.2, 0.25) is 0 Å². The summed E-state index contributed by atoms with van der Waals surface area (Å²) in [6.07, 6.45) is 6.24. The zero-order valence-electron chi connectivity index (χ0n) is 14.5. The summed E-state index contributed by atoms with van der Waals surface area (Å²) in [5, 5.41) is 13.6. The first kappa shape index (κ1) is 17.4. The summed E-state index contributed by atoms with van der Waals surface area (Å²) < 4.78 is 28.9. The van der Waals surface area contributed by atoms with E-state index in [0.717, 1.165) is 24.5 Å². The van der Waals surface area contributed by atoms with Crippen molar-refractivity contribution in [3.8, 4) is 0 Å². The quantitative estimate of drug-likeness (QED) is 0.753. The maximum Gasteiger partial charge on any atom is 0.243 e. The van der Waals surface area contributed by atoms with E-state index in [-0.39, 0.29) is 23.0 Å². The van der Waals surface area contributed by atoms with Crippen LogP contribution in [0.3, 0.4) is 0 Å². The molecule has 0 spiro atoms. The van der Waals surface area contributed by atoms with Crippen molar-refractivity contribution < 1.29 is 13.5 Å². The van der Waals surface area contributed by atoms with Gasteiger partial charge < -0.3 is 10.0 Å². The average molecular weight is 378 g/mol. The minimum atomic E-state index is -3.53. The second kappa shape index (κ2) is 6.60. The number of rotatable bonds is 5. The maximum atomic E-state index is 12.3. The monoisotopic (exact) mass is 378 g/mol. The Kier molecular flexibility index (Phi) is 4.41. The number of aliphatic hydroxyl groups is 1. The zero-order chi connectivity index (χ0) is 18.3. The van der Waals surface area contributed by atoms with Crippen molar-refractivity contribution in [3.05, 3.63) is 30.5 Å². The van der Waals surface area contributed by atoms with Gasteiger partial charge in [-0.3, -0.25) is 4.68 Å². The van der Waals surface area contributed by atoms with Crippen molar-refractivity contribution >= 4 is 15.8 Å². The van der Waals surface area contributed by atoms with Gasteiger partial charge in [0.2, 0.25) is 10.0 Å². The van der Waals surface area contributed by atoms with Crippen LogP contribution in [-0.2, 0) is 17.1 Å². The molecule has 1 saturated heterocycles. The molecule has 10 heteroatoms. The van der Waals surface area contributed by atoms with Gasteiger partial charge in [0.15, 0.2) is 0 Å². The lowest BCUT2D eigenvalue weighted by atomic mass is 9.78. The Morgan fingerprint density at radius 1 is 1.31 bits per heavy atom. The number of aliphatic hydroxyl groups excluding tert-OH is 1. The molecule has 2 fully saturated rings. The predicted molar refractivity (Wildman–Crippen MR) is 94.2 cm³/mol. The molecular formula is C16H22N6O3S. The van der Waals surface area contributed by atoms with Gasteiger partial charge in [-0.15, -0.1) is 0 Å². The minimum absolute atomic E-state index is 0.0998. The van der Waals surface area contributed by atoms with E-state index in [2.05, 4.69) is 24.7 Å². The highest BCUT2D eigenvalue weighted by Gasteiger charge is 2.35. The molecule has 0 bridgehead atoms. The Morgan fingerprint density at radius 3 is 2.77 bits per heavy atom. The Balaban J connectivity index is 1.38. The molecule has 1 aliphatic heterocycles. The van der Waals surface area contributed by atoms with Gasteiger partial charge in [-0.2, -0.15) is 5.10 Å². The molecular weight excluding hydrogens is 356 g/mol. The molecule has 9 nitrogen and oxygen atoms in total. The summed E-state index contributed by atoms with van der Waals surface area (Å²) >= 11 is 0. The van der Waals surface area contributed by atoms with Crippen LogP contribution in [0, 0.1) is 0 Å². The molecule has 0 amide bonds. The van der Waals surface area contributed by atoms with E-state index in [0.29, 0.717) is 19.4 Å². The molecule has 0 radical (unpaired) electrons. The molecule has 1 aliphatic carbocycles. The number of aryl methyl sites for hydroxylation is 1. The van der Waals surface area contributed by atoms with E-state index in [9.17, 15) is 13.5 Å². The SMILES string of the molecule is Cn1cc(S(=O)(=O)NC2CC(c3cc(N4CC[C@H](O)C4)ncn3)C2)cn1. The number of hydrogen-bond acceptors (Lipinski definition) is 7. The summed E-state index contributed by atoms with van der Waals surface area (Å²) in [4.78, 5) is 10.9. The number of aromatic nitrogens is 4. The van der Waals surface area contributed by atoms with Crippen molar-refractivity contribution in [3.63, 3.8) is 0 Å². The first-order valence-corrected chi connectivity index (χ1v) is 10.1. The lowest BCUT2D eigenvalue weighted by Gasteiger charge is -2.35. The van der Waals surface area contributed by atoms with Crippen LogP contribution in [0.4, 0.5) is 5.82 Å². The van der Waals surface area contributed by atoms with E-state index >= 15 is 0 Å². The van der Waals surface area contributed by atoms with Crippen LogP contribution in [0.15, 0.2) is 29.7 Å². The van der Waals surface area contributed by atoms with Gasteiger partial charge in [0, 0.05) is 50.1 Å². The van der Waals surface area contributed by atoms with Crippen LogP contribution >= 0.6 is 0 Å². The molecule has 1 atom stereocenters. The topological polar surface area (TPSA) is 113 Å². The second-order valence-electron chi connectivity index (χ2n) is 7.03. The molecule has 2 aromatic rings. The number of sulfonamides is 1. The molecule has 2 aromatic heterocycles. The van der Waals surface area contributed by atoms with Gasteiger partial charge in [0.1, 0.15) is 17.0 Å². The fourth-order valence-corrected chi connectivity index (χ4v) is 4.73. The van der Waals surface area contributed by atoms with Gasteiger partial charge in [0.25, 0.3) is 0 Å². The van der Waals surface area contributed by atoms with Crippen molar-refractivity contribution in [1.82, 2.24) is 24.5 Å². The largest absolute Gasteiger partial charge is 0.391 e. The minimum Gasteiger partial charge on any atom is -0.391 e. The fraction of sp³-hybridized carbons (Fsp3) is 0.562. The molecule has 1 saturated carbocycles. The normalized spacial score (nSPS) is 26.1. The number of anilines is 1. The molecule has 0 aromatic carbocycles. The van der Waals surface area contributed by atoms with Crippen molar-refractivity contribution in [2.24, 2.45) is 7.05 Å². The third-order valence-electron chi connectivity index (χ3n) is 5.03. The van der Waals surface area contributed by atoms with Gasteiger partial charge >= 0.3 is 0 Å².